The first-order chi connectivity index (χ1) is 9.61. The van der Waals surface area contributed by atoms with Crippen molar-refractivity contribution in [1.82, 2.24) is 0 Å². The van der Waals surface area contributed by atoms with Crippen LogP contribution in [0.2, 0.25) is 0 Å². The molecule has 2 rings (SSSR count). The molecule has 0 bridgehead atoms. The Bertz CT molecular complexity index is 695. The Morgan fingerprint density at radius 1 is 1.20 bits per heavy atom. The molecule has 0 aliphatic carbocycles. The van der Waals surface area contributed by atoms with Gasteiger partial charge in [0.25, 0.3) is 0 Å². The second-order valence-corrected chi connectivity index (χ2v) is 3.94. The fourth-order valence-electron chi connectivity index (χ4n) is 1.56. The number of methoxy groups -OCH3 is 1. The lowest BCUT2D eigenvalue weighted by Gasteiger charge is -1.99. The standard InChI is InChI=1S/C15H12O5/c1-19-15(18)11-5-2-10(3-6-11)4-7-13-14(17)12(16)8-9-20-13/h2-9,17H,1H3/b7-4+. The van der Waals surface area contributed by atoms with Crippen LogP contribution in [0.15, 0.2) is 45.8 Å². The molecule has 1 aromatic carbocycles. The third-order valence-corrected chi connectivity index (χ3v) is 2.64. The van der Waals surface area contributed by atoms with Crippen molar-refractivity contribution in [3.05, 3.63) is 63.7 Å². The van der Waals surface area contributed by atoms with Crippen LogP contribution in [-0.4, -0.2) is 18.2 Å². The lowest BCUT2D eigenvalue weighted by molar-refractivity contribution is 0.0600. The van der Waals surface area contributed by atoms with Gasteiger partial charge in [-0.15, -0.1) is 0 Å². The Morgan fingerprint density at radius 3 is 2.55 bits per heavy atom. The lowest BCUT2D eigenvalue weighted by atomic mass is 10.1. The quantitative estimate of drug-likeness (QED) is 0.867. The minimum absolute atomic E-state index is 0.0783. The molecule has 102 valence electrons. The van der Waals surface area contributed by atoms with Crippen molar-refractivity contribution in [2.24, 2.45) is 0 Å². The minimum Gasteiger partial charge on any atom is -0.502 e. The highest BCUT2D eigenvalue weighted by Gasteiger charge is 2.05. The summed E-state index contributed by atoms with van der Waals surface area (Å²) in [6.07, 6.45) is 4.34. The van der Waals surface area contributed by atoms with Gasteiger partial charge in [-0.2, -0.15) is 0 Å². The van der Waals surface area contributed by atoms with Gasteiger partial charge in [0.1, 0.15) is 0 Å². The van der Waals surface area contributed by atoms with E-state index in [0.29, 0.717) is 5.56 Å². The van der Waals surface area contributed by atoms with Gasteiger partial charge in [-0.3, -0.25) is 4.79 Å². The summed E-state index contributed by atoms with van der Waals surface area (Å²) < 4.78 is 9.62. The molecular weight excluding hydrogens is 260 g/mol. The molecule has 5 nitrogen and oxygen atoms in total. The molecule has 1 aromatic heterocycles. The summed E-state index contributed by atoms with van der Waals surface area (Å²) in [5.74, 6) is -0.767. The van der Waals surface area contributed by atoms with Gasteiger partial charge in [0, 0.05) is 6.07 Å². The van der Waals surface area contributed by atoms with Gasteiger partial charge in [0.15, 0.2) is 5.76 Å². The van der Waals surface area contributed by atoms with E-state index in [2.05, 4.69) is 4.74 Å². The van der Waals surface area contributed by atoms with E-state index in [0.717, 1.165) is 11.6 Å². The average molecular weight is 272 g/mol. The summed E-state index contributed by atoms with van der Waals surface area (Å²) >= 11 is 0. The topological polar surface area (TPSA) is 76.7 Å². The molecule has 0 fully saturated rings. The highest BCUT2D eigenvalue weighted by atomic mass is 16.5. The van der Waals surface area contributed by atoms with E-state index in [-0.39, 0.29) is 5.76 Å². The number of hydrogen-bond acceptors (Lipinski definition) is 5. The summed E-state index contributed by atoms with van der Waals surface area (Å²) in [5.41, 5.74) is 0.722. The van der Waals surface area contributed by atoms with Crippen molar-refractivity contribution in [2.45, 2.75) is 0 Å². The maximum absolute atomic E-state index is 11.3. The molecule has 0 radical (unpaired) electrons. The Labute approximate surface area is 114 Å². The van der Waals surface area contributed by atoms with E-state index >= 15 is 0 Å². The normalized spacial score (nSPS) is 10.7. The van der Waals surface area contributed by atoms with Crippen LogP contribution in [0.3, 0.4) is 0 Å². The third kappa shape index (κ3) is 2.95. The second-order valence-electron chi connectivity index (χ2n) is 3.94. The minimum atomic E-state index is -0.503. The van der Waals surface area contributed by atoms with Crippen molar-refractivity contribution < 1.29 is 19.1 Å². The fourth-order valence-corrected chi connectivity index (χ4v) is 1.56. The largest absolute Gasteiger partial charge is 0.502 e. The van der Waals surface area contributed by atoms with Gasteiger partial charge in [0.05, 0.1) is 18.9 Å². The molecule has 0 aliphatic rings. The maximum atomic E-state index is 11.3. The Hall–Kier alpha value is -2.82. The van der Waals surface area contributed by atoms with Crippen LogP contribution in [0.4, 0.5) is 0 Å². The smallest absolute Gasteiger partial charge is 0.337 e. The number of ether oxygens (including phenoxy) is 1. The van der Waals surface area contributed by atoms with Crippen molar-refractivity contribution >= 4 is 18.1 Å². The molecule has 0 unspecified atom stereocenters. The van der Waals surface area contributed by atoms with Crippen LogP contribution in [0, 0.1) is 0 Å². The number of carbonyl (C=O) groups is 1. The molecule has 0 amide bonds. The first-order valence-corrected chi connectivity index (χ1v) is 5.79. The number of benzene rings is 1. The van der Waals surface area contributed by atoms with Crippen LogP contribution >= 0.6 is 0 Å². The molecule has 20 heavy (non-hydrogen) atoms. The zero-order chi connectivity index (χ0) is 14.5. The van der Waals surface area contributed by atoms with E-state index in [1.54, 1.807) is 30.3 Å². The molecule has 2 aromatic rings. The number of hydrogen-bond donors (Lipinski definition) is 1. The van der Waals surface area contributed by atoms with Gasteiger partial charge in [0.2, 0.25) is 11.2 Å². The molecule has 0 saturated carbocycles. The predicted molar refractivity (Wildman–Crippen MR) is 73.4 cm³/mol. The molecule has 0 spiro atoms. The van der Waals surface area contributed by atoms with Crippen molar-refractivity contribution in [3.63, 3.8) is 0 Å². The zero-order valence-corrected chi connectivity index (χ0v) is 10.7. The van der Waals surface area contributed by atoms with Gasteiger partial charge >= 0.3 is 5.97 Å². The van der Waals surface area contributed by atoms with Crippen LogP contribution in [0.25, 0.3) is 12.2 Å². The van der Waals surface area contributed by atoms with Gasteiger partial charge in [-0.25, -0.2) is 4.79 Å². The van der Waals surface area contributed by atoms with E-state index in [1.807, 2.05) is 0 Å². The Kier molecular flexibility index (Phi) is 4.00. The van der Waals surface area contributed by atoms with Crippen molar-refractivity contribution in [1.29, 1.82) is 0 Å². The molecule has 5 heteroatoms. The van der Waals surface area contributed by atoms with E-state index < -0.39 is 17.1 Å². The molecular formula is C15H12O5. The van der Waals surface area contributed by atoms with Crippen LogP contribution < -0.4 is 5.43 Å². The number of rotatable bonds is 3. The number of esters is 1. The summed E-state index contributed by atoms with van der Waals surface area (Å²) in [6.45, 7) is 0. The number of carbonyl (C=O) groups excluding carboxylic acids is 1. The molecule has 1 N–H and O–H groups in total. The van der Waals surface area contributed by atoms with Crippen molar-refractivity contribution in [3.8, 4) is 5.75 Å². The van der Waals surface area contributed by atoms with Gasteiger partial charge in [-0.1, -0.05) is 18.2 Å². The molecule has 1 heterocycles. The third-order valence-electron chi connectivity index (χ3n) is 2.64. The predicted octanol–water partition coefficient (Wildman–Crippen LogP) is 2.30. The van der Waals surface area contributed by atoms with Crippen molar-refractivity contribution in [2.75, 3.05) is 7.11 Å². The van der Waals surface area contributed by atoms with Gasteiger partial charge in [-0.05, 0) is 23.8 Å². The van der Waals surface area contributed by atoms with Crippen LogP contribution in [-0.2, 0) is 4.74 Å². The number of aromatic hydroxyl groups is 1. The van der Waals surface area contributed by atoms with Crippen LogP contribution in [0.5, 0.6) is 5.75 Å². The highest BCUT2D eigenvalue weighted by Crippen LogP contribution is 2.15. The fraction of sp³-hybridized carbons (Fsp3) is 0.0667. The van der Waals surface area contributed by atoms with E-state index in [4.69, 9.17) is 4.42 Å². The SMILES string of the molecule is COC(=O)c1ccc(/C=C/c2occc(=O)c2O)cc1. The summed E-state index contributed by atoms with van der Waals surface area (Å²) in [6, 6.07) is 7.79. The maximum Gasteiger partial charge on any atom is 0.337 e. The highest BCUT2D eigenvalue weighted by molar-refractivity contribution is 5.89. The first kappa shape index (κ1) is 13.6. The Morgan fingerprint density at radius 2 is 1.90 bits per heavy atom. The second kappa shape index (κ2) is 5.88. The average Bonchev–Trinajstić information content (AvgIpc) is 2.48. The van der Waals surface area contributed by atoms with Gasteiger partial charge < -0.3 is 14.3 Å². The molecule has 0 atom stereocenters. The Balaban J connectivity index is 2.21. The first-order valence-electron chi connectivity index (χ1n) is 5.79. The molecule has 0 aliphatic heterocycles. The summed E-state index contributed by atoms with van der Waals surface area (Å²) in [7, 11) is 1.32. The van der Waals surface area contributed by atoms with Crippen LogP contribution in [0.1, 0.15) is 21.7 Å². The van der Waals surface area contributed by atoms with E-state index in [1.165, 1.54) is 19.4 Å². The monoisotopic (exact) mass is 272 g/mol. The zero-order valence-electron chi connectivity index (χ0n) is 10.7. The lowest BCUT2D eigenvalue weighted by Crippen LogP contribution is -2.00. The summed E-state index contributed by atoms with van der Waals surface area (Å²) in [5, 5.41) is 9.51. The summed E-state index contributed by atoms with van der Waals surface area (Å²) in [4.78, 5) is 22.5. The van der Waals surface area contributed by atoms with E-state index in [9.17, 15) is 14.7 Å². The molecule has 0 saturated heterocycles.